The molecule has 8 heteroatoms. The molecule has 0 amide bonds. The minimum absolute atomic E-state index is 0.0374. The third-order valence-electron chi connectivity index (χ3n) is 4.28. The predicted octanol–water partition coefficient (Wildman–Crippen LogP) is 3.42. The Morgan fingerprint density at radius 2 is 1.73 bits per heavy atom. The van der Waals surface area contributed by atoms with Crippen molar-refractivity contribution in [3.63, 3.8) is 0 Å². The van der Waals surface area contributed by atoms with Crippen LogP contribution < -0.4 is 4.74 Å². The van der Waals surface area contributed by atoms with Gasteiger partial charge in [0.15, 0.2) is 5.75 Å². The molecule has 0 aliphatic carbocycles. The van der Waals surface area contributed by atoms with Gasteiger partial charge in [-0.25, -0.2) is 9.59 Å². The third-order valence-corrected chi connectivity index (χ3v) is 4.78. The number of ether oxygens (including phenoxy) is 3. The van der Waals surface area contributed by atoms with Gasteiger partial charge < -0.3 is 19.1 Å². The lowest BCUT2D eigenvalue weighted by molar-refractivity contribution is -0.139. The number of halogens is 2. The van der Waals surface area contributed by atoms with Crippen molar-refractivity contribution in [3.8, 4) is 5.75 Å². The zero-order chi connectivity index (χ0) is 18.8. The second-order valence-corrected chi connectivity index (χ2v) is 6.66. The fourth-order valence-corrected chi connectivity index (χ4v) is 3.67. The molecule has 1 aromatic carbocycles. The van der Waals surface area contributed by atoms with Crippen molar-refractivity contribution >= 4 is 40.8 Å². The van der Waals surface area contributed by atoms with E-state index in [9.17, 15) is 9.59 Å². The monoisotopic (exact) mass is 397 g/mol. The smallest absolute Gasteiger partial charge is 0.341 e. The molecule has 0 atom stereocenters. The number of benzene rings is 1. The van der Waals surface area contributed by atoms with Gasteiger partial charge in [-0.2, -0.15) is 0 Å². The maximum atomic E-state index is 12.6. The van der Waals surface area contributed by atoms with Crippen LogP contribution >= 0.6 is 23.2 Å². The topological polar surface area (TPSA) is 65.1 Å². The number of hydrogen-bond acceptors (Lipinski definition) is 6. The van der Waals surface area contributed by atoms with Crippen LogP contribution in [-0.2, 0) is 19.1 Å². The first-order valence-corrected chi connectivity index (χ1v) is 8.76. The SMILES string of the molecule is COC(=O)C1=COc2c(Cl)cc(Cl)cc2C(N2CCCC2)=C1C(=O)OC. The molecule has 0 aromatic heterocycles. The summed E-state index contributed by atoms with van der Waals surface area (Å²) in [5.74, 6) is -1.06. The molecule has 2 aliphatic heterocycles. The van der Waals surface area contributed by atoms with Crippen LogP contribution in [0.15, 0.2) is 29.5 Å². The highest BCUT2D eigenvalue weighted by Crippen LogP contribution is 2.43. The van der Waals surface area contributed by atoms with Crippen LogP contribution in [0, 0.1) is 0 Å². The van der Waals surface area contributed by atoms with E-state index in [1.165, 1.54) is 20.5 Å². The van der Waals surface area contributed by atoms with Gasteiger partial charge in [0.2, 0.25) is 0 Å². The van der Waals surface area contributed by atoms with Crippen molar-refractivity contribution in [2.45, 2.75) is 12.8 Å². The van der Waals surface area contributed by atoms with Crippen LogP contribution in [0.3, 0.4) is 0 Å². The summed E-state index contributed by atoms with van der Waals surface area (Å²) in [4.78, 5) is 26.9. The zero-order valence-electron chi connectivity index (χ0n) is 14.3. The standard InChI is InChI=1S/C18H17Cl2NO5/c1-24-17(22)12-9-26-16-11(7-10(19)8-13(16)20)15(14(12)18(23)25-2)21-5-3-4-6-21/h7-9H,3-6H2,1-2H3. The Kier molecular flexibility index (Phi) is 5.44. The Morgan fingerprint density at radius 1 is 1.08 bits per heavy atom. The number of carbonyl (C=O) groups excluding carboxylic acids is 2. The van der Waals surface area contributed by atoms with E-state index in [1.807, 2.05) is 4.90 Å². The highest BCUT2D eigenvalue weighted by molar-refractivity contribution is 6.36. The lowest BCUT2D eigenvalue weighted by Gasteiger charge is -2.25. The van der Waals surface area contributed by atoms with E-state index in [-0.39, 0.29) is 16.2 Å². The summed E-state index contributed by atoms with van der Waals surface area (Å²) < 4.78 is 15.4. The molecular formula is C18H17Cl2NO5. The quantitative estimate of drug-likeness (QED) is 0.727. The first kappa shape index (κ1) is 18.6. The first-order chi connectivity index (χ1) is 12.5. The van der Waals surface area contributed by atoms with Gasteiger partial charge in [0.25, 0.3) is 0 Å². The molecule has 2 heterocycles. The van der Waals surface area contributed by atoms with Crippen LogP contribution in [0.5, 0.6) is 5.75 Å². The summed E-state index contributed by atoms with van der Waals surface area (Å²) >= 11 is 12.5. The summed E-state index contributed by atoms with van der Waals surface area (Å²) in [5, 5.41) is 0.663. The molecule has 3 rings (SSSR count). The molecule has 138 valence electrons. The Balaban J connectivity index is 2.36. The Labute approximate surface area is 160 Å². The highest BCUT2D eigenvalue weighted by atomic mass is 35.5. The Morgan fingerprint density at radius 3 is 2.35 bits per heavy atom. The van der Waals surface area contributed by atoms with Crippen molar-refractivity contribution in [1.29, 1.82) is 0 Å². The molecule has 0 radical (unpaired) electrons. The van der Waals surface area contributed by atoms with E-state index in [1.54, 1.807) is 12.1 Å². The molecule has 1 aromatic rings. The number of likely N-dealkylation sites (tertiary alicyclic amines) is 1. The normalized spacial score (nSPS) is 16.5. The lowest BCUT2D eigenvalue weighted by atomic mass is 9.99. The molecule has 1 saturated heterocycles. The largest absolute Gasteiger partial charge is 0.465 e. The zero-order valence-corrected chi connectivity index (χ0v) is 15.8. The average molecular weight is 398 g/mol. The second kappa shape index (κ2) is 7.60. The molecule has 0 unspecified atom stereocenters. The van der Waals surface area contributed by atoms with Gasteiger partial charge in [0, 0.05) is 23.7 Å². The van der Waals surface area contributed by atoms with E-state index >= 15 is 0 Å². The van der Waals surface area contributed by atoms with Gasteiger partial charge in [-0.1, -0.05) is 23.2 Å². The average Bonchev–Trinajstić information content (AvgIpc) is 3.09. The maximum absolute atomic E-state index is 12.6. The number of hydrogen-bond donors (Lipinski definition) is 0. The summed E-state index contributed by atoms with van der Waals surface area (Å²) in [5.41, 5.74) is 1.06. The van der Waals surface area contributed by atoms with Crippen LogP contribution in [0.2, 0.25) is 10.0 Å². The van der Waals surface area contributed by atoms with Gasteiger partial charge in [0.1, 0.15) is 17.4 Å². The van der Waals surface area contributed by atoms with Crippen LogP contribution in [-0.4, -0.2) is 44.1 Å². The van der Waals surface area contributed by atoms with Crippen molar-refractivity contribution in [1.82, 2.24) is 4.90 Å². The fourth-order valence-electron chi connectivity index (χ4n) is 3.13. The molecule has 26 heavy (non-hydrogen) atoms. The van der Waals surface area contributed by atoms with Crippen LogP contribution in [0.4, 0.5) is 0 Å². The molecule has 0 spiro atoms. The minimum atomic E-state index is -0.711. The van der Waals surface area contributed by atoms with Crippen molar-refractivity contribution in [2.24, 2.45) is 0 Å². The molecule has 6 nitrogen and oxygen atoms in total. The summed E-state index contributed by atoms with van der Waals surface area (Å²) in [7, 11) is 2.49. The van der Waals surface area contributed by atoms with Crippen LogP contribution in [0.25, 0.3) is 5.70 Å². The number of carbonyl (C=O) groups is 2. The van der Waals surface area contributed by atoms with Crippen LogP contribution in [0.1, 0.15) is 18.4 Å². The van der Waals surface area contributed by atoms with Crippen molar-refractivity contribution in [3.05, 3.63) is 45.1 Å². The minimum Gasteiger partial charge on any atom is -0.465 e. The van der Waals surface area contributed by atoms with Gasteiger partial charge in [0.05, 0.1) is 24.9 Å². The van der Waals surface area contributed by atoms with E-state index in [2.05, 4.69) is 0 Å². The predicted molar refractivity (Wildman–Crippen MR) is 96.9 cm³/mol. The van der Waals surface area contributed by atoms with Gasteiger partial charge in [-0.15, -0.1) is 0 Å². The van der Waals surface area contributed by atoms with Gasteiger partial charge in [-0.05, 0) is 25.0 Å². The van der Waals surface area contributed by atoms with Gasteiger partial charge in [-0.3, -0.25) is 0 Å². The number of methoxy groups -OCH3 is 2. The second-order valence-electron chi connectivity index (χ2n) is 5.81. The van der Waals surface area contributed by atoms with E-state index in [0.717, 1.165) is 12.8 Å². The van der Waals surface area contributed by atoms with Gasteiger partial charge >= 0.3 is 11.9 Å². The number of nitrogens with zero attached hydrogens (tertiary/aromatic N) is 1. The molecule has 1 fully saturated rings. The van der Waals surface area contributed by atoms with E-state index < -0.39 is 11.9 Å². The Bertz CT molecular complexity index is 825. The highest BCUT2D eigenvalue weighted by Gasteiger charge is 2.35. The summed E-state index contributed by atoms with van der Waals surface area (Å²) in [6.07, 6.45) is 3.08. The van der Waals surface area contributed by atoms with E-state index in [4.69, 9.17) is 37.4 Å². The van der Waals surface area contributed by atoms with Crippen molar-refractivity contribution in [2.75, 3.05) is 27.3 Å². The maximum Gasteiger partial charge on any atom is 0.341 e. The molecule has 2 aliphatic rings. The Hall–Kier alpha value is -2.18. The summed E-state index contributed by atoms with van der Waals surface area (Å²) in [6.45, 7) is 1.43. The molecule has 0 saturated carbocycles. The van der Waals surface area contributed by atoms with E-state index in [0.29, 0.717) is 35.1 Å². The molecular weight excluding hydrogens is 381 g/mol. The fraction of sp³-hybridized carbons (Fsp3) is 0.333. The molecule has 0 bridgehead atoms. The number of esters is 2. The first-order valence-electron chi connectivity index (χ1n) is 8.00. The number of rotatable bonds is 3. The molecule has 0 N–H and O–H groups in total. The third kappa shape index (κ3) is 3.27. The number of fused-ring (bicyclic) bond motifs is 1. The summed E-state index contributed by atoms with van der Waals surface area (Å²) in [6, 6.07) is 3.20. The van der Waals surface area contributed by atoms with Crippen molar-refractivity contribution < 1.29 is 23.8 Å². The lowest BCUT2D eigenvalue weighted by Crippen LogP contribution is -2.24.